The average molecular weight is 493 g/mol. The van der Waals surface area contributed by atoms with Gasteiger partial charge >= 0.3 is 0 Å². The van der Waals surface area contributed by atoms with Crippen LogP contribution in [-0.2, 0) is 0 Å². The van der Waals surface area contributed by atoms with Gasteiger partial charge in [0.25, 0.3) is 0 Å². The number of rotatable bonds is 12. The van der Waals surface area contributed by atoms with E-state index < -0.39 is 0 Å². The maximum atomic E-state index is 9.10. The van der Waals surface area contributed by atoms with Gasteiger partial charge in [-0.1, -0.05) is 0 Å². The van der Waals surface area contributed by atoms with Gasteiger partial charge in [0, 0.05) is 49.3 Å². The van der Waals surface area contributed by atoms with Gasteiger partial charge in [-0.3, -0.25) is 4.40 Å². The second kappa shape index (κ2) is 11.6. The number of benzene rings is 2. The normalized spacial score (nSPS) is 11.1. The molecule has 2 aromatic carbocycles. The Bertz CT molecular complexity index is 1310. The zero-order valence-electron chi connectivity index (χ0n) is 21.0. The number of ether oxygens (including phenoxy) is 3. The van der Waals surface area contributed by atoms with Crippen molar-refractivity contribution in [1.82, 2.24) is 19.3 Å². The molecule has 2 heterocycles. The molecular formula is C26H32N6O4. The smallest absolute Gasteiger partial charge is 0.213 e. The molecule has 0 aliphatic heterocycles. The maximum Gasteiger partial charge on any atom is 0.213 e. The minimum Gasteiger partial charge on any atom is -0.495 e. The van der Waals surface area contributed by atoms with Crippen LogP contribution in [0.5, 0.6) is 17.2 Å². The third-order valence-corrected chi connectivity index (χ3v) is 5.82. The van der Waals surface area contributed by atoms with Crippen molar-refractivity contribution in [3.05, 3.63) is 54.9 Å². The van der Waals surface area contributed by atoms with Gasteiger partial charge in [0.15, 0.2) is 11.5 Å². The number of anilines is 3. The monoisotopic (exact) mass is 492 g/mol. The minimum atomic E-state index is 0.136. The van der Waals surface area contributed by atoms with Crippen molar-refractivity contribution in [1.29, 1.82) is 0 Å². The van der Waals surface area contributed by atoms with Gasteiger partial charge in [-0.25, -0.2) is 9.97 Å². The van der Waals surface area contributed by atoms with Crippen LogP contribution in [0.3, 0.4) is 0 Å². The minimum absolute atomic E-state index is 0.136. The highest BCUT2D eigenvalue weighted by atomic mass is 16.5. The predicted molar refractivity (Wildman–Crippen MR) is 141 cm³/mol. The van der Waals surface area contributed by atoms with Gasteiger partial charge in [-0.2, -0.15) is 0 Å². The fourth-order valence-electron chi connectivity index (χ4n) is 3.87. The van der Waals surface area contributed by atoms with E-state index in [-0.39, 0.29) is 6.61 Å². The lowest BCUT2D eigenvalue weighted by molar-refractivity contribution is 0.225. The third-order valence-electron chi connectivity index (χ3n) is 5.82. The lowest BCUT2D eigenvalue weighted by Crippen LogP contribution is -2.27. The Morgan fingerprint density at radius 3 is 2.47 bits per heavy atom. The Labute approximate surface area is 210 Å². The molecule has 190 valence electrons. The van der Waals surface area contributed by atoms with Crippen LogP contribution in [-0.4, -0.2) is 79.0 Å². The summed E-state index contributed by atoms with van der Waals surface area (Å²) in [4.78, 5) is 11.4. The van der Waals surface area contributed by atoms with E-state index in [1.165, 1.54) is 0 Å². The Morgan fingerprint density at radius 1 is 0.944 bits per heavy atom. The van der Waals surface area contributed by atoms with Crippen LogP contribution in [0.2, 0.25) is 0 Å². The highest BCUT2D eigenvalue weighted by molar-refractivity contribution is 5.72. The number of aliphatic hydroxyl groups is 1. The molecule has 0 unspecified atom stereocenters. The Morgan fingerprint density at radius 2 is 1.72 bits per heavy atom. The number of nitrogens with zero attached hydrogens (tertiary/aromatic N) is 4. The topological polar surface area (TPSA) is 105 Å². The molecule has 36 heavy (non-hydrogen) atoms. The number of hydrogen-bond donors (Lipinski definition) is 3. The van der Waals surface area contributed by atoms with Crippen molar-refractivity contribution in [2.24, 2.45) is 0 Å². The number of imidazole rings is 1. The second-order valence-electron chi connectivity index (χ2n) is 8.18. The molecule has 10 nitrogen and oxygen atoms in total. The lowest BCUT2D eigenvalue weighted by Gasteiger charge is -2.18. The molecule has 0 spiro atoms. The first-order valence-corrected chi connectivity index (χ1v) is 11.6. The van der Waals surface area contributed by atoms with Crippen LogP contribution < -0.4 is 24.8 Å². The van der Waals surface area contributed by atoms with Gasteiger partial charge in [-0.05, 0) is 43.4 Å². The molecule has 4 aromatic rings. The number of nitrogens with one attached hydrogen (secondary N) is 2. The first-order valence-electron chi connectivity index (χ1n) is 11.6. The van der Waals surface area contributed by atoms with Crippen LogP contribution in [0.1, 0.15) is 0 Å². The fourth-order valence-corrected chi connectivity index (χ4v) is 3.87. The van der Waals surface area contributed by atoms with Gasteiger partial charge in [-0.15, -0.1) is 0 Å². The molecule has 0 fully saturated rings. The molecule has 0 saturated carbocycles. The van der Waals surface area contributed by atoms with Crippen molar-refractivity contribution in [3.8, 4) is 28.5 Å². The molecule has 4 rings (SSSR count). The average Bonchev–Trinajstić information content (AvgIpc) is 3.38. The maximum absolute atomic E-state index is 9.10. The van der Waals surface area contributed by atoms with Crippen LogP contribution in [0.15, 0.2) is 54.9 Å². The van der Waals surface area contributed by atoms with E-state index in [1.807, 2.05) is 60.1 Å². The summed E-state index contributed by atoms with van der Waals surface area (Å²) < 4.78 is 18.3. The molecule has 3 N–H and O–H groups in total. The zero-order chi connectivity index (χ0) is 25.5. The SMILES string of the molecule is COc1ccc(Nc2nc(-c3ccc(OC)c(OC)c3)cc3nccn23)cc1NCCN(C)CCO. The molecule has 0 atom stereocenters. The highest BCUT2D eigenvalue weighted by Gasteiger charge is 2.13. The summed E-state index contributed by atoms with van der Waals surface area (Å²) >= 11 is 0. The molecule has 0 amide bonds. The van der Waals surface area contributed by atoms with Crippen LogP contribution in [0.4, 0.5) is 17.3 Å². The van der Waals surface area contributed by atoms with E-state index in [9.17, 15) is 0 Å². The number of aliphatic hydroxyl groups excluding tert-OH is 1. The summed E-state index contributed by atoms with van der Waals surface area (Å²) in [6, 6.07) is 13.5. The predicted octanol–water partition coefficient (Wildman–Crippen LogP) is 3.50. The number of aromatic nitrogens is 3. The second-order valence-corrected chi connectivity index (χ2v) is 8.18. The van der Waals surface area contributed by atoms with Gasteiger partial charge in [0.2, 0.25) is 5.95 Å². The first-order chi connectivity index (χ1) is 17.6. The Kier molecular flexibility index (Phi) is 8.09. The van der Waals surface area contributed by atoms with E-state index in [1.54, 1.807) is 27.5 Å². The molecule has 0 aliphatic carbocycles. The van der Waals surface area contributed by atoms with Crippen LogP contribution >= 0.6 is 0 Å². The van der Waals surface area contributed by atoms with Crippen molar-refractivity contribution >= 4 is 23.0 Å². The van der Waals surface area contributed by atoms with E-state index in [2.05, 4.69) is 20.5 Å². The molecule has 0 aliphatic rings. The summed E-state index contributed by atoms with van der Waals surface area (Å²) in [5.74, 6) is 2.64. The van der Waals surface area contributed by atoms with E-state index in [0.717, 1.165) is 40.6 Å². The van der Waals surface area contributed by atoms with E-state index in [4.69, 9.17) is 24.3 Å². The molecular weight excluding hydrogens is 460 g/mol. The third kappa shape index (κ3) is 5.61. The number of fused-ring (bicyclic) bond motifs is 1. The van der Waals surface area contributed by atoms with Crippen LogP contribution in [0.25, 0.3) is 16.9 Å². The summed E-state index contributed by atoms with van der Waals surface area (Å²) in [5.41, 5.74) is 4.09. The highest BCUT2D eigenvalue weighted by Crippen LogP contribution is 2.33. The van der Waals surface area contributed by atoms with Gasteiger partial charge in [0.1, 0.15) is 11.4 Å². The summed E-state index contributed by atoms with van der Waals surface area (Å²) in [6.07, 6.45) is 3.60. The lowest BCUT2D eigenvalue weighted by atomic mass is 10.1. The largest absolute Gasteiger partial charge is 0.495 e. The van der Waals surface area contributed by atoms with E-state index in [0.29, 0.717) is 30.5 Å². The molecule has 10 heteroatoms. The van der Waals surface area contributed by atoms with Crippen LogP contribution in [0, 0.1) is 0 Å². The Hall–Kier alpha value is -4.02. The molecule has 0 bridgehead atoms. The summed E-state index contributed by atoms with van der Waals surface area (Å²) in [7, 11) is 6.84. The van der Waals surface area contributed by atoms with Crippen molar-refractivity contribution in [2.45, 2.75) is 0 Å². The summed E-state index contributed by atoms with van der Waals surface area (Å²) in [6.45, 7) is 2.25. The quantitative estimate of drug-likeness (QED) is 0.274. The number of methoxy groups -OCH3 is 3. The van der Waals surface area contributed by atoms with Gasteiger partial charge < -0.3 is 34.9 Å². The van der Waals surface area contributed by atoms with E-state index >= 15 is 0 Å². The standard InChI is InChI=1S/C26H32N6O4/c1-31(13-14-33)11-9-27-21-16-19(6-8-22(21)34-2)29-26-30-20(17-25-28-10-12-32(25)26)18-5-7-23(35-3)24(15-18)36-4/h5-8,10,12,15-17,27,33H,9,11,13-14H2,1-4H3,(H,29,30). The van der Waals surface area contributed by atoms with Crippen molar-refractivity contribution < 1.29 is 19.3 Å². The van der Waals surface area contributed by atoms with Crippen molar-refractivity contribution in [3.63, 3.8) is 0 Å². The first kappa shape index (κ1) is 25.1. The number of likely N-dealkylation sites (N-methyl/N-ethyl adjacent to an activating group) is 1. The Balaban J connectivity index is 1.62. The van der Waals surface area contributed by atoms with Gasteiger partial charge in [0.05, 0.1) is 39.3 Å². The molecule has 2 aromatic heterocycles. The zero-order valence-corrected chi connectivity index (χ0v) is 21.0. The summed E-state index contributed by atoms with van der Waals surface area (Å²) in [5, 5.41) is 15.9. The fraction of sp³-hybridized carbons (Fsp3) is 0.308. The van der Waals surface area contributed by atoms with Crippen molar-refractivity contribution in [2.75, 3.05) is 65.3 Å². The number of hydrogen-bond acceptors (Lipinski definition) is 9. The molecule has 0 radical (unpaired) electrons. The molecule has 0 saturated heterocycles.